The van der Waals surface area contributed by atoms with Crippen LogP contribution in [0.3, 0.4) is 0 Å². The van der Waals surface area contributed by atoms with Crippen LogP contribution in [-0.2, 0) is 0 Å². The van der Waals surface area contributed by atoms with Crippen LogP contribution >= 0.6 is 0 Å². The van der Waals surface area contributed by atoms with E-state index in [2.05, 4.69) is 27.5 Å². The quantitative estimate of drug-likeness (QED) is 0.704. The summed E-state index contributed by atoms with van der Waals surface area (Å²) in [7, 11) is 1.96. The fourth-order valence-corrected chi connectivity index (χ4v) is 1.89. The Morgan fingerprint density at radius 3 is 2.76 bits per heavy atom. The highest BCUT2D eigenvalue weighted by atomic mass is 16.5. The molecule has 2 aromatic heterocycles. The number of aryl methyl sites for hydroxylation is 1. The summed E-state index contributed by atoms with van der Waals surface area (Å²) in [5, 5.41) is 15.5. The Kier molecular flexibility index (Phi) is 3.63. The zero-order chi connectivity index (χ0) is 14.7. The maximum absolute atomic E-state index is 5.71. The molecule has 0 radical (unpaired) electrons. The zero-order valence-corrected chi connectivity index (χ0v) is 12.0. The highest BCUT2D eigenvalue weighted by Crippen LogP contribution is 2.12. The molecule has 3 aromatic rings. The van der Waals surface area contributed by atoms with Crippen molar-refractivity contribution >= 4 is 11.5 Å². The smallest absolute Gasteiger partial charge is 0.200 e. The van der Waals surface area contributed by atoms with E-state index in [0.717, 1.165) is 11.6 Å². The topological polar surface area (TPSA) is 68.4 Å². The lowest BCUT2D eigenvalue weighted by Crippen LogP contribution is -2.25. The molecular formula is C14H16N6O. The average Bonchev–Trinajstić information content (AvgIpc) is 2.96. The van der Waals surface area contributed by atoms with E-state index in [0.29, 0.717) is 18.8 Å². The van der Waals surface area contributed by atoms with Gasteiger partial charge in [0.25, 0.3) is 0 Å². The third kappa shape index (κ3) is 3.07. The normalized spacial score (nSPS) is 10.8. The second-order valence-corrected chi connectivity index (χ2v) is 4.80. The molecular weight excluding hydrogens is 268 g/mol. The minimum atomic E-state index is 0.578. The molecule has 0 aliphatic heterocycles. The van der Waals surface area contributed by atoms with Gasteiger partial charge in [-0.2, -0.15) is 0 Å². The van der Waals surface area contributed by atoms with Crippen molar-refractivity contribution in [3.8, 4) is 5.75 Å². The van der Waals surface area contributed by atoms with Gasteiger partial charge in [-0.3, -0.25) is 0 Å². The predicted molar refractivity (Wildman–Crippen MR) is 78.5 cm³/mol. The summed E-state index contributed by atoms with van der Waals surface area (Å²) in [5.74, 6) is 1.67. The Labute approximate surface area is 122 Å². The molecule has 0 amide bonds. The molecule has 0 aliphatic rings. The molecule has 3 rings (SSSR count). The molecule has 0 spiro atoms. The van der Waals surface area contributed by atoms with Crippen molar-refractivity contribution < 1.29 is 4.74 Å². The summed E-state index contributed by atoms with van der Waals surface area (Å²) in [6, 6.07) is 11.7. The maximum atomic E-state index is 5.71. The van der Waals surface area contributed by atoms with Gasteiger partial charge in [0.2, 0.25) is 0 Å². The van der Waals surface area contributed by atoms with Crippen molar-refractivity contribution in [1.29, 1.82) is 0 Å². The van der Waals surface area contributed by atoms with E-state index in [9.17, 15) is 0 Å². The molecule has 0 saturated heterocycles. The third-order valence-corrected chi connectivity index (χ3v) is 3.16. The Morgan fingerprint density at radius 2 is 1.95 bits per heavy atom. The van der Waals surface area contributed by atoms with E-state index in [1.54, 1.807) is 0 Å². The van der Waals surface area contributed by atoms with E-state index < -0.39 is 0 Å². The number of fused-ring (bicyclic) bond motifs is 1. The van der Waals surface area contributed by atoms with Gasteiger partial charge in [0.15, 0.2) is 11.5 Å². The van der Waals surface area contributed by atoms with E-state index in [1.165, 1.54) is 10.2 Å². The van der Waals surface area contributed by atoms with Gasteiger partial charge in [0.05, 0.1) is 6.54 Å². The Morgan fingerprint density at radius 1 is 1.14 bits per heavy atom. The lowest BCUT2D eigenvalue weighted by Gasteiger charge is -2.17. The standard InChI is InChI=1S/C14H16N6O/c1-11-3-5-12(6-4-11)21-10-9-19(2)14-8-7-13-15-17-18-20(13)16-14/h3-8H,9-10H2,1-2H3. The van der Waals surface area contributed by atoms with E-state index in [-0.39, 0.29) is 0 Å². The molecule has 7 heteroatoms. The number of aromatic nitrogens is 5. The van der Waals surface area contributed by atoms with Crippen LogP contribution in [0.1, 0.15) is 5.56 Å². The first-order valence-electron chi connectivity index (χ1n) is 6.68. The van der Waals surface area contributed by atoms with Crippen LogP contribution in [-0.4, -0.2) is 45.5 Å². The minimum absolute atomic E-state index is 0.578. The highest BCUT2D eigenvalue weighted by Gasteiger charge is 2.05. The number of rotatable bonds is 5. The van der Waals surface area contributed by atoms with Gasteiger partial charge < -0.3 is 9.64 Å². The van der Waals surface area contributed by atoms with Gasteiger partial charge in [-0.05, 0) is 41.6 Å². The SMILES string of the molecule is Cc1ccc(OCCN(C)c2ccc3nnnn3n2)cc1. The number of benzene rings is 1. The number of ether oxygens (including phenoxy) is 1. The van der Waals surface area contributed by atoms with Gasteiger partial charge in [-0.1, -0.05) is 17.7 Å². The molecule has 0 fully saturated rings. The van der Waals surface area contributed by atoms with Crippen LogP contribution in [0.15, 0.2) is 36.4 Å². The molecule has 0 atom stereocenters. The molecule has 0 N–H and O–H groups in total. The van der Waals surface area contributed by atoms with Crippen molar-refractivity contribution in [1.82, 2.24) is 25.3 Å². The van der Waals surface area contributed by atoms with Gasteiger partial charge in [-0.25, -0.2) is 0 Å². The van der Waals surface area contributed by atoms with Crippen LogP contribution in [0.2, 0.25) is 0 Å². The third-order valence-electron chi connectivity index (χ3n) is 3.16. The van der Waals surface area contributed by atoms with Gasteiger partial charge >= 0.3 is 0 Å². The van der Waals surface area contributed by atoms with Crippen molar-refractivity contribution in [2.24, 2.45) is 0 Å². The summed E-state index contributed by atoms with van der Waals surface area (Å²) in [4.78, 5) is 2.00. The van der Waals surface area contributed by atoms with Crippen molar-refractivity contribution in [2.75, 3.05) is 25.1 Å². The fourth-order valence-electron chi connectivity index (χ4n) is 1.89. The first kappa shape index (κ1) is 13.3. The minimum Gasteiger partial charge on any atom is -0.492 e. The molecule has 2 heterocycles. The summed E-state index contributed by atoms with van der Waals surface area (Å²) >= 11 is 0. The highest BCUT2D eigenvalue weighted by molar-refractivity contribution is 5.43. The van der Waals surface area contributed by atoms with Crippen molar-refractivity contribution in [2.45, 2.75) is 6.92 Å². The molecule has 1 aromatic carbocycles. The van der Waals surface area contributed by atoms with E-state index in [4.69, 9.17) is 4.74 Å². The van der Waals surface area contributed by atoms with Crippen LogP contribution in [0.5, 0.6) is 5.75 Å². The van der Waals surface area contributed by atoms with Gasteiger partial charge in [0.1, 0.15) is 12.4 Å². The second-order valence-electron chi connectivity index (χ2n) is 4.80. The maximum Gasteiger partial charge on any atom is 0.200 e. The van der Waals surface area contributed by atoms with Crippen LogP contribution in [0, 0.1) is 6.92 Å². The summed E-state index contributed by atoms with van der Waals surface area (Å²) in [5.41, 5.74) is 1.85. The Bertz CT molecular complexity index is 724. The van der Waals surface area contributed by atoms with Crippen molar-refractivity contribution in [3.05, 3.63) is 42.0 Å². The molecule has 108 valence electrons. The van der Waals surface area contributed by atoms with Gasteiger partial charge in [-0.15, -0.1) is 14.8 Å². The van der Waals surface area contributed by atoms with E-state index in [1.807, 2.05) is 48.3 Å². The fraction of sp³-hybridized carbons (Fsp3) is 0.286. The number of tetrazole rings is 1. The van der Waals surface area contributed by atoms with Gasteiger partial charge in [0, 0.05) is 7.05 Å². The number of anilines is 1. The number of likely N-dealkylation sites (N-methyl/N-ethyl adjacent to an activating group) is 1. The predicted octanol–water partition coefficient (Wildman–Crippen LogP) is 1.34. The summed E-state index contributed by atoms with van der Waals surface area (Å²) in [6.07, 6.45) is 0. The lowest BCUT2D eigenvalue weighted by molar-refractivity contribution is 0.325. The molecule has 7 nitrogen and oxygen atoms in total. The van der Waals surface area contributed by atoms with Crippen LogP contribution in [0.25, 0.3) is 5.65 Å². The summed E-state index contributed by atoms with van der Waals surface area (Å²) < 4.78 is 7.12. The first-order chi connectivity index (χ1) is 10.2. The molecule has 0 bridgehead atoms. The number of hydrogen-bond donors (Lipinski definition) is 0. The molecule has 0 saturated carbocycles. The van der Waals surface area contributed by atoms with E-state index >= 15 is 0 Å². The average molecular weight is 284 g/mol. The lowest BCUT2D eigenvalue weighted by atomic mass is 10.2. The second kappa shape index (κ2) is 5.74. The number of nitrogens with zero attached hydrogens (tertiary/aromatic N) is 6. The van der Waals surface area contributed by atoms with Crippen LogP contribution < -0.4 is 9.64 Å². The van der Waals surface area contributed by atoms with Crippen molar-refractivity contribution in [3.63, 3.8) is 0 Å². The van der Waals surface area contributed by atoms with Crippen LogP contribution in [0.4, 0.5) is 5.82 Å². The first-order valence-corrected chi connectivity index (χ1v) is 6.68. The zero-order valence-electron chi connectivity index (χ0n) is 12.0. The summed E-state index contributed by atoms with van der Waals surface area (Å²) in [6.45, 7) is 3.35. The monoisotopic (exact) mass is 284 g/mol. The number of hydrogen-bond acceptors (Lipinski definition) is 6. The Balaban J connectivity index is 1.58. The molecule has 0 aliphatic carbocycles. The molecule has 21 heavy (non-hydrogen) atoms. The largest absolute Gasteiger partial charge is 0.492 e. The molecule has 0 unspecified atom stereocenters. The Hall–Kier alpha value is -2.70.